The number of phenols is 2. The fraction of sp³-hybridized carbons (Fsp3) is 0.600. The lowest BCUT2D eigenvalue weighted by Gasteiger charge is -2.27. The largest absolute Gasteiger partial charge is 0.507 e. The van der Waals surface area contributed by atoms with E-state index in [0.717, 1.165) is 12.8 Å². The molecule has 102 valence electrons. The first-order chi connectivity index (χ1) is 8.51. The van der Waals surface area contributed by atoms with Gasteiger partial charge in [0.1, 0.15) is 11.5 Å². The summed E-state index contributed by atoms with van der Waals surface area (Å²) in [4.78, 5) is 0. The van der Waals surface area contributed by atoms with Crippen molar-refractivity contribution in [3.63, 3.8) is 0 Å². The fourth-order valence-corrected chi connectivity index (χ4v) is 2.59. The molecule has 0 fully saturated rings. The molecular weight excluding hydrogens is 226 g/mol. The van der Waals surface area contributed by atoms with Gasteiger partial charge in [-0.15, -0.1) is 0 Å². The molecule has 0 radical (unpaired) electrons. The number of hydrogen-bond donors (Lipinski definition) is 3. The second-order valence-electron chi connectivity index (χ2n) is 4.96. The van der Waals surface area contributed by atoms with Crippen molar-refractivity contribution >= 4 is 0 Å². The van der Waals surface area contributed by atoms with Crippen LogP contribution >= 0.6 is 0 Å². The Labute approximate surface area is 110 Å². The summed E-state index contributed by atoms with van der Waals surface area (Å²) >= 11 is 0. The number of hydrogen-bond acceptors (Lipinski definition) is 3. The Morgan fingerprint density at radius 2 is 1.56 bits per heavy atom. The molecule has 1 aromatic carbocycles. The molecule has 0 aliphatic carbocycles. The van der Waals surface area contributed by atoms with Crippen LogP contribution in [0, 0.1) is 5.92 Å². The molecule has 0 heterocycles. The molecule has 18 heavy (non-hydrogen) atoms. The molecule has 3 N–H and O–H groups in total. The molecule has 0 spiro atoms. The van der Waals surface area contributed by atoms with Crippen molar-refractivity contribution in [2.75, 3.05) is 0 Å². The van der Waals surface area contributed by atoms with Crippen LogP contribution in [0.1, 0.15) is 52.1 Å². The highest BCUT2D eigenvalue weighted by atomic mass is 16.3. The maximum atomic E-state index is 9.83. The summed E-state index contributed by atoms with van der Waals surface area (Å²) in [6.45, 7) is 8.50. The Kier molecular flexibility index (Phi) is 5.48. The van der Waals surface area contributed by atoms with Crippen LogP contribution < -0.4 is 5.32 Å². The van der Waals surface area contributed by atoms with Gasteiger partial charge in [-0.2, -0.15) is 0 Å². The first kappa shape index (κ1) is 14.8. The van der Waals surface area contributed by atoms with Gasteiger partial charge in [-0.05, 0) is 31.9 Å². The third-order valence-electron chi connectivity index (χ3n) is 3.76. The fourth-order valence-electron chi connectivity index (χ4n) is 2.59. The van der Waals surface area contributed by atoms with Crippen molar-refractivity contribution in [1.82, 2.24) is 5.32 Å². The van der Waals surface area contributed by atoms with Crippen molar-refractivity contribution in [2.24, 2.45) is 5.92 Å². The molecule has 0 saturated carbocycles. The summed E-state index contributed by atoms with van der Waals surface area (Å²) < 4.78 is 0. The summed E-state index contributed by atoms with van der Waals surface area (Å²) in [6.07, 6.45) is 2.26. The summed E-state index contributed by atoms with van der Waals surface area (Å²) in [5.41, 5.74) is 0.579. The topological polar surface area (TPSA) is 52.5 Å². The average Bonchev–Trinajstić information content (AvgIpc) is 2.30. The zero-order valence-corrected chi connectivity index (χ0v) is 11.8. The van der Waals surface area contributed by atoms with Crippen molar-refractivity contribution in [1.29, 1.82) is 0 Å². The molecule has 1 rings (SSSR count). The van der Waals surface area contributed by atoms with E-state index < -0.39 is 0 Å². The molecule has 0 saturated heterocycles. The van der Waals surface area contributed by atoms with Crippen LogP contribution in [0.2, 0.25) is 0 Å². The normalized spacial score (nSPS) is 14.7. The molecule has 0 amide bonds. The lowest BCUT2D eigenvalue weighted by atomic mass is 9.94. The Morgan fingerprint density at radius 1 is 1.06 bits per heavy atom. The smallest absolute Gasteiger partial charge is 0.124 e. The Bertz CT molecular complexity index is 355. The predicted octanol–water partition coefficient (Wildman–Crippen LogP) is 3.57. The van der Waals surface area contributed by atoms with Gasteiger partial charge in [0.25, 0.3) is 0 Å². The van der Waals surface area contributed by atoms with Gasteiger partial charge in [0.2, 0.25) is 0 Å². The number of benzene rings is 1. The minimum atomic E-state index is -0.0678. The van der Waals surface area contributed by atoms with Gasteiger partial charge in [-0.1, -0.05) is 32.8 Å². The second-order valence-corrected chi connectivity index (χ2v) is 4.96. The number of rotatable bonds is 6. The summed E-state index contributed by atoms with van der Waals surface area (Å²) in [6, 6.07) is 5.14. The third-order valence-corrected chi connectivity index (χ3v) is 3.76. The Balaban J connectivity index is 2.79. The quantitative estimate of drug-likeness (QED) is 0.724. The number of aromatic hydroxyl groups is 2. The van der Waals surface area contributed by atoms with E-state index in [1.165, 1.54) is 0 Å². The first-order valence-electron chi connectivity index (χ1n) is 6.78. The second kappa shape index (κ2) is 6.64. The molecule has 2 unspecified atom stereocenters. The molecule has 2 atom stereocenters. The summed E-state index contributed by atoms with van der Waals surface area (Å²) in [5, 5.41) is 23.1. The van der Waals surface area contributed by atoms with E-state index >= 15 is 0 Å². The van der Waals surface area contributed by atoms with E-state index in [4.69, 9.17) is 0 Å². The zero-order valence-electron chi connectivity index (χ0n) is 11.8. The average molecular weight is 251 g/mol. The van der Waals surface area contributed by atoms with Gasteiger partial charge in [0.15, 0.2) is 0 Å². The first-order valence-corrected chi connectivity index (χ1v) is 6.78. The predicted molar refractivity (Wildman–Crippen MR) is 74.9 cm³/mol. The molecule has 0 bridgehead atoms. The maximum absolute atomic E-state index is 9.83. The van der Waals surface area contributed by atoms with Crippen LogP contribution in [0.25, 0.3) is 0 Å². The van der Waals surface area contributed by atoms with Gasteiger partial charge in [-0.3, -0.25) is 0 Å². The minimum Gasteiger partial charge on any atom is -0.507 e. The van der Waals surface area contributed by atoms with Crippen LogP contribution in [0.3, 0.4) is 0 Å². The van der Waals surface area contributed by atoms with Crippen LogP contribution in [0.15, 0.2) is 18.2 Å². The van der Waals surface area contributed by atoms with E-state index in [9.17, 15) is 10.2 Å². The highest BCUT2D eigenvalue weighted by molar-refractivity contribution is 5.44. The van der Waals surface area contributed by atoms with Gasteiger partial charge in [-0.25, -0.2) is 0 Å². The molecule has 0 aliphatic heterocycles. The maximum Gasteiger partial charge on any atom is 0.124 e. The highest BCUT2D eigenvalue weighted by Gasteiger charge is 2.20. The molecule has 1 aromatic rings. The lowest BCUT2D eigenvalue weighted by molar-refractivity contribution is 0.322. The molecular formula is C15H25NO2. The van der Waals surface area contributed by atoms with Crippen LogP contribution in [-0.4, -0.2) is 16.3 Å². The van der Waals surface area contributed by atoms with Crippen LogP contribution in [0.5, 0.6) is 11.5 Å². The van der Waals surface area contributed by atoms with Gasteiger partial charge < -0.3 is 15.5 Å². The minimum absolute atomic E-state index is 0.0678. The van der Waals surface area contributed by atoms with Crippen molar-refractivity contribution in [2.45, 2.75) is 52.6 Å². The number of nitrogens with one attached hydrogen (secondary N) is 1. The van der Waals surface area contributed by atoms with Gasteiger partial charge in [0.05, 0.1) is 5.56 Å². The van der Waals surface area contributed by atoms with Crippen molar-refractivity contribution in [3.05, 3.63) is 23.8 Å². The van der Waals surface area contributed by atoms with Crippen LogP contribution in [0.4, 0.5) is 0 Å². The van der Waals surface area contributed by atoms with E-state index in [1.807, 2.05) is 6.92 Å². The third kappa shape index (κ3) is 3.39. The molecule has 0 aromatic heterocycles. The standard InChI is InChI=1S/C15H25NO2/c1-5-12(6-2)10(3)16-11(4)15-13(17)8-7-9-14(15)18/h7-12,16-18H,5-6H2,1-4H3. The summed E-state index contributed by atoms with van der Waals surface area (Å²) in [5.74, 6) is 0.902. The van der Waals surface area contributed by atoms with Crippen LogP contribution in [-0.2, 0) is 0 Å². The highest BCUT2D eigenvalue weighted by Crippen LogP contribution is 2.32. The summed E-state index contributed by atoms with van der Waals surface area (Å²) in [7, 11) is 0. The number of phenolic OH excluding ortho intramolecular Hbond substituents is 2. The Morgan fingerprint density at radius 3 is 2.00 bits per heavy atom. The van der Waals surface area contributed by atoms with Gasteiger partial charge in [0, 0.05) is 12.1 Å². The Hall–Kier alpha value is -1.22. The van der Waals surface area contributed by atoms with E-state index in [1.54, 1.807) is 18.2 Å². The molecule has 3 nitrogen and oxygen atoms in total. The van der Waals surface area contributed by atoms with E-state index in [2.05, 4.69) is 26.1 Å². The lowest BCUT2D eigenvalue weighted by Crippen LogP contribution is -2.35. The molecule has 3 heteroatoms. The van der Waals surface area contributed by atoms with Gasteiger partial charge >= 0.3 is 0 Å². The zero-order chi connectivity index (χ0) is 13.7. The van der Waals surface area contributed by atoms with E-state index in [0.29, 0.717) is 17.5 Å². The van der Waals surface area contributed by atoms with Crippen molar-refractivity contribution < 1.29 is 10.2 Å². The SMILES string of the molecule is CCC(CC)C(C)NC(C)c1c(O)cccc1O. The van der Waals surface area contributed by atoms with Crippen molar-refractivity contribution in [3.8, 4) is 11.5 Å². The molecule has 0 aliphatic rings. The van der Waals surface area contributed by atoms with E-state index in [-0.39, 0.29) is 17.5 Å². The monoisotopic (exact) mass is 251 g/mol.